The van der Waals surface area contributed by atoms with Crippen LogP contribution in [0.5, 0.6) is 0 Å². The molecule has 4 N–H and O–H groups in total. The summed E-state index contributed by atoms with van der Waals surface area (Å²) in [7, 11) is 0. The maximum Gasteiger partial charge on any atom is 0.251 e. The number of benzene rings is 1. The summed E-state index contributed by atoms with van der Waals surface area (Å²) in [5.41, 5.74) is 11.4. The molecular formula is C7H5Br3N2O. The smallest absolute Gasteiger partial charge is 0.251 e. The molecular weight excluding hydrogens is 368 g/mol. The summed E-state index contributed by atoms with van der Waals surface area (Å²) in [6, 6.07) is 1.62. The van der Waals surface area contributed by atoms with Gasteiger partial charge in [-0.25, -0.2) is 0 Å². The number of rotatable bonds is 1. The highest BCUT2D eigenvalue weighted by atomic mass is 79.9. The molecule has 6 heteroatoms. The molecule has 0 atom stereocenters. The van der Waals surface area contributed by atoms with E-state index in [1.54, 1.807) is 6.07 Å². The van der Waals surface area contributed by atoms with Crippen LogP contribution in [-0.2, 0) is 0 Å². The maximum absolute atomic E-state index is 11.0. The van der Waals surface area contributed by atoms with Crippen molar-refractivity contribution in [1.29, 1.82) is 0 Å². The van der Waals surface area contributed by atoms with Crippen LogP contribution in [0.4, 0.5) is 5.69 Å². The second-order valence-electron chi connectivity index (χ2n) is 2.31. The summed E-state index contributed by atoms with van der Waals surface area (Å²) in [4.78, 5) is 11.0. The summed E-state index contributed by atoms with van der Waals surface area (Å²) in [5, 5.41) is 0. The average Bonchev–Trinajstić information content (AvgIpc) is 1.99. The lowest BCUT2D eigenvalue weighted by Crippen LogP contribution is -2.14. The molecule has 0 spiro atoms. The second kappa shape index (κ2) is 3.98. The minimum Gasteiger partial charge on any atom is -0.398 e. The molecule has 0 aliphatic rings. The Hall–Kier alpha value is -0.0700. The van der Waals surface area contributed by atoms with Crippen LogP contribution in [0.1, 0.15) is 10.4 Å². The van der Waals surface area contributed by atoms with Crippen molar-refractivity contribution in [3.8, 4) is 0 Å². The maximum atomic E-state index is 11.0. The topological polar surface area (TPSA) is 69.1 Å². The van der Waals surface area contributed by atoms with Gasteiger partial charge in [0.15, 0.2) is 0 Å². The van der Waals surface area contributed by atoms with Crippen molar-refractivity contribution in [2.45, 2.75) is 0 Å². The van der Waals surface area contributed by atoms with Gasteiger partial charge in [0.25, 0.3) is 5.91 Å². The minimum atomic E-state index is -0.558. The van der Waals surface area contributed by atoms with Gasteiger partial charge in [-0.3, -0.25) is 4.79 Å². The van der Waals surface area contributed by atoms with Crippen LogP contribution in [0.2, 0.25) is 0 Å². The van der Waals surface area contributed by atoms with Crippen molar-refractivity contribution < 1.29 is 4.79 Å². The fourth-order valence-electron chi connectivity index (χ4n) is 0.864. The number of halogens is 3. The van der Waals surface area contributed by atoms with E-state index in [0.717, 1.165) is 8.95 Å². The van der Waals surface area contributed by atoms with Gasteiger partial charge in [-0.05, 0) is 53.9 Å². The molecule has 1 rings (SSSR count). The third kappa shape index (κ3) is 2.05. The normalized spacial score (nSPS) is 10.1. The van der Waals surface area contributed by atoms with Gasteiger partial charge in [-0.1, -0.05) is 0 Å². The van der Waals surface area contributed by atoms with Crippen molar-refractivity contribution in [3.05, 3.63) is 25.0 Å². The Balaban J connectivity index is 3.53. The SMILES string of the molecule is NC(=O)c1c(N)cc(Br)c(Br)c1Br. The first-order chi connectivity index (χ1) is 5.95. The monoisotopic (exact) mass is 370 g/mol. The first kappa shape index (κ1) is 11.0. The number of hydrogen-bond donors (Lipinski definition) is 2. The molecule has 0 saturated heterocycles. The number of carbonyl (C=O) groups excluding carboxylic acids is 1. The van der Waals surface area contributed by atoms with E-state index in [0.29, 0.717) is 10.2 Å². The van der Waals surface area contributed by atoms with Crippen LogP contribution < -0.4 is 11.5 Å². The number of nitrogen functional groups attached to an aromatic ring is 1. The Kier molecular flexibility index (Phi) is 3.37. The summed E-state index contributed by atoms with van der Waals surface area (Å²) >= 11 is 9.77. The number of nitrogens with two attached hydrogens (primary N) is 2. The number of carbonyl (C=O) groups is 1. The van der Waals surface area contributed by atoms with Crippen LogP contribution in [0.25, 0.3) is 0 Å². The Morgan fingerprint density at radius 1 is 1.23 bits per heavy atom. The Bertz CT molecular complexity index is 378. The molecule has 0 radical (unpaired) electrons. The lowest BCUT2D eigenvalue weighted by Gasteiger charge is -2.07. The molecule has 1 aromatic rings. The van der Waals surface area contributed by atoms with Crippen LogP contribution in [0.15, 0.2) is 19.5 Å². The number of primary amides is 1. The van der Waals surface area contributed by atoms with Gasteiger partial charge >= 0.3 is 0 Å². The van der Waals surface area contributed by atoms with Crippen molar-refractivity contribution in [1.82, 2.24) is 0 Å². The second-order valence-corrected chi connectivity index (χ2v) is 4.76. The molecule has 0 aromatic heterocycles. The molecule has 70 valence electrons. The molecule has 0 aliphatic carbocycles. The van der Waals surface area contributed by atoms with Crippen LogP contribution in [-0.4, -0.2) is 5.91 Å². The van der Waals surface area contributed by atoms with E-state index < -0.39 is 5.91 Å². The van der Waals surface area contributed by atoms with E-state index in [1.807, 2.05) is 0 Å². The third-order valence-corrected chi connectivity index (χ3v) is 4.75. The first-order valence-corrected chi connectivity index (χ1v) is 5.55. The molecule has 1 amide bonds. The molecule has 0 heterocycles. The highest BCUT2D eigenvalue weighted by molar-refractivity contribution is 9.14. The Morgan fingerprint density at radius 2 is 1.77 bits per heavy atom. The standard InChI is InChI=1S/C7H5Br3N2O/c8-2-1-3(11)4(7(12)13)6(10)5(2)9/h1H,11H2,(H2,12,13). The van der Waals surface area contributed by atoms with Gasteiger partial charge in [0.05, 0.1) is 5.56 Å². The van der Waals surface area contributed by atoms with E-state index >= 15 is 0 Å². The van der Waals surface area contributed by atoms with Gasteiger partial charge in [0.1, 0.15) is 0 Å². The predicted octanol–water partition coefficient (Wildman–Crippen LogP) is 2.66. The van der Waals surface area contributed by atoms with Gasteiger partial charge in [0.2, 0.25) is 0 Å². The lowest BCUT2D eigenvalue weighted by atomic mass is 10.2. The van der Waals surface area contributed by atoms with Gasteiger partial charge < -0.3 is 11.5 Å². The fourth-order valence-corrected chi connectivity index (χ4v) is 2.53. The summed E-state index contributed by atoms with van der Waals surface area (Å²) < 4.78 is 2.05. The molecule has 1 aromatic carbocycles. The first-order valence-electron chi connectivity index (χ1n) is 3.18. The molecule has 0 unspecified atom stereocenters. The summed E-state index contributed by atoms with van der Waals surface area (Å²) in [6.45, 7) is 0. The zero-order chi connectivity index (χ0) is 10.2. The Morgan fingerprint density at radius 3 is 2.23 bits per heavy atom. The van der Waals surface area contributed by atoms with Crippen molar-refractivity contribution in [2.24, 2.45) is 5.73 Å². The van der Waals surface area contributed by atoms with E-state index in [1.165, 1.54) is 0 Å². The highest BCUT2D eigenvalue weighted by Crippen LogP contribution is 2.36. The highest BCUT2D eigenvalue weighted by Gasteiger charge is 2.15. The average molecular weight is 373 g/mol. The number of amides is 1. The van der Waals surface area contributed by atoms with E-state index in [4.69, 9.17) is 11.5 Å². The molecule has 3 nitrogen and oxygen atoms in total. The van der Waals surface area contributed by atoms with Crippen LogP contribution in [0, 0.1) is 0 Å². The van der Waals surface area contributed by atoms with Crippen LogP contribution >= 0.6 is 47.8 Å². The van der Waals surface area contributed by atoms with Gasteiger partial charge in [-0.15, -0.1) is 0 Å². The van der Waals surface area contributed by atoms with E-state index in [9.17, 15) is 4.79 Å². The van der Waals surface area contributed by atoms with Crippen molar-refractivity contribution in [3.63, 3.8) is 0 Å². The fraction of sp³-hybridized carbons (Fsp3) is 0. The number of anilines is 1. The Labute approximate surface area is 100 Å². The molecule has 0 fully saturated rings. The summed E-state index contributed by atoms with van der Waals surface area (Å²) in [6.07, 6.45) is 0. The third-order valence-electron chi connectivity index (χ3n) is 1.44. The van der Waals surface area contributed by atoms with Crippen molar-refractivity contribution >= 4 is 59.4 Å². The minimum absolute atomic E-state index is 0.287. The zero-order valence-corrected chi connectivity index (χ0v) is 11.0. The molecule has 0 aliphatic heterocycles. The van der Waals surface area contributed by atoms with E-state index in [2.05, 4.69) is 47.8 Å². The molecule has 0 bridgehead atoms. The molecule has 0 saturated carbocycles. The van der Waals surface area contributed by atoms with E-state index in [-0.39, 0.29) is 5.56 Å². The van der Waals surface area contributed by atoms with Gasteiger partial charge in [0, 0.05) is 19.1 Å². The molecule has 13 heavy (non-hydrogen) atoms. The van der Waals surface area contributed by atoms with Gasteiger partial charge in [-0.2, -0.15) is 0 Å². The predicted molar refractivity (Wildman–Crippen MR) is 62.5 cm³/mol. The summed E-state index contributed by atoms with van der Waals surface area (Å²) in [5.74, 6) is -0.558. The number of hydrogen-bond acceptors (Lipinski definition) is 2. The quantitative estimate of drug-likeness (QED) is 0.587. The lowest BCUT2D eigenvalue weighted by molar-refractivity contribution is 0.100. The van der Waals surface area contributed by atoms with Crippen molar-refractivity contribution in [2.75, 3.05) is 5.73 Å². The van der Waals surface area contributed by atoms with Crippen LogP contribution in [0.3, 0.4) is 0 Å². The zero-order valence-electron chi connectivity index (χ0n) is 6.27. The largest absolute Gasteiger partial charge is 0.398 e.